The summed E-state index contributed by atoms with van der Waals surface area (Å²) >= 11 is 0. The lowest BCUT2D eigenvalue weighted by atomic mass is 9.88. The summed E-state index contributed by atoms with van der Waals surface area (Å²) in [6.45, 7) is 6.33. The van der Waals surface area contributed by atoms with Crippen LogP contribution >= 0.6 is 0 Å². The zero-order chi connectivity index (χ0) is 15.7. The number of hydrogen-bond donors (Lipinski definition) is 2. The summed E-state index contributed by atoms with van der Waals surface area (Å²) in [5.41, 5.74) is -0.475. The number of sulfonamides is 1. The van der Waals surface area contributed by atoms with Crippen LogP contribution < -0.4 is 4.72 Å². The molecule has 1 rings (SSSR count). The van der Waals surface area contributed by atoms with E-state index in [4.69, 9.17) is 5.11 Å². The summed E-state index contributed by atoms with van der Waals surface area (Å²) in [4.78, 5) is 10.9. The van der Waals surface area contributed by atoms with Gasteiger partial charge in [-0.05, 0) is 30.0 Å². The monoisotopic (exact) mass is 303 g/mol. The van der Waals surface area contributed by atoms with E-state index in [1.54, 1.807) is 20.8 Å². The number of halogens is 1. The Kier molecular flexibility index (Phi) is 4.55. The molecule has 2 N–H and O–H groups in total. The van der Waals surface area contributed by atoms with Crippen molar-refractivity contribution in [3.63, 3.8) is 0 Å². The van der Waals surface area contributed by atoms with Crippen molar-refractivity contribution < 1.29 is 22.7 Å². The molecule has 0 amide bonds. The minimum atomic E-state index is -4.11. The number of aryl methyl sites for hydroxylation is 1. The first kappa shape index (κ1) is 16.6. The van der Waals surface area contributed by atoms with Gasteiger partial charge in [-0.25, -0.2) is 12.8 Å². The number of nitrogens with one attached hydrogen (secondary N) is 1. The van der Waals surface area contributed by atoms with E-state index in [9.17, 15) is 17.6 Å². The first-order chi connectivity index (χ1) is 8.95. The van der Waals surface area contributed by atoms with Crippen LogP contribution in [0.25, 0.3) is 0 Å². The van der Waals surface area contributed by atoms with Crippen molar-refractivity contribution in [3.8, 4) is 0 Å². The average Bonchev–Trinajstić information content (AvgIpc) is 2.27. The van der Waals surface area contributed by atoms with Crippen molar-refractivity contribution in [3.05, 3.63) is 29.6 Å². The van der Waals surface area contributed by atoms with Crippen LogP contribution in [0.5, 0.6) is 0 Å². The van der Waals surface area contributed by atoms with Gasteiger partial charge < -0.3 is 5.11 Å². The third kappa shape index (κ3) is 3.77. The van der Waals surface area contributed by atoms with Gasteiger partial charge in [0.1, 0.15) is 11.9 Å². The first-order valence-electron chi connectivity index (χ1n) is 5.96. The second kappa shape index (κ2) is 5.49. The number of rotatable bonds is 4. The van der Waals surface area contributed by atoms with Gasteiger partial charge in [-0.2, -0.15) is 4.72 Å². The Morgan fingerprint density at radius 1 is 1.35 bits per heavy atom. The fourth-order valence-electron chi connectivity index (χ4n) is 1.68. The molecule has 0 bridgehead atoms. The molecule has 1 aromatic carbocycles. The molecule has 0 aliphatic heterocycles. The smallest absolute Gasteiger partial charge is 0.322 e. The fourth-order valence-corrected chi connectivity index (χ4v) is 3.33. The van der Waals surface area contributed by atoms with Crippen molar-refractivity contribution in [2.45, 2.75) is 38.6 Å². The standard InChI is InChI=1S/C13H18FNO4S/c1-8-5-6-9(14)7-10(8)20(18,19)15-11(12(16)17)13(2,3)4/h5-7,11,15H,1-4H3,(H,16,17). The van der Waals surface area contributed by atoms with Crippen LogP contribution in [0.1, 0.15) is 26.3 Å². The van der Waals surface area contributed by atoms with Gasteiger partial charge in [-0.1, -0.05) is 26.8 Å². The highest BCUT2D eigenvalue weighted by atomic mass is 32.2. The van der Waals surface area contributed by atoms with E-state index in [0.29, 0.717) is 5.56 Å². The molecular formula is C13H18FNO4S. The molecule has 0 saturated carbocycles. The van der Waals surface area contributed by atoms with Gasteiger partial charge in [0.2, 0.25) is 10.0 Å². The fraction of sp³-hybridized carbons (Fsp3) is 0.462. The van der Waals surface area contributed by atoms with Crippen molar-refractivity contribution in [1.29, 1.82) is 0 Å². The number of hydrogen-bond acceptors (Lipinski definition) is 3. The van der Waals surface area contributed by atoms with Crippen molar-refractivity contribution in [1.82, 2.24) is 4.72 Å². The number of aliphatic carboxylic acids is 1. The SMILES string of the molecule is Cc1ccc(F)cc1S(=O)(=O)NC(C(=O)O)C(C)(C)C. The quantitative estimate of drug-likeness (QED) is 0.890. The third-order valence-electron chi connectivity index (χ3n) is 2.83. The molecule has 0 spiro atoms. The zero-order valence-corrected chi connectivity index (χ0v) is 12.6. The summed E-state index contributed by atoms with van der Waals surface area (Å²) in [5, 5.41) is 9.14. The summed E-state index contributed by atoms with van der Waals surface area (Å²) in [5.74, 6) is -1.98. The molecule has 7 heteroatoms. The van der Waals surface area contributed by atoms with Gasteiger partial charge in [-0.15, -0.1) is 0 Å². The molecule has 1 atom stereocenters. The van der Waals surface area contributed by atoms with E-state index >= 15 is 0 Å². The minimum Gasteiger partial charge on any atom is -0.480 e. The molecule has 0 fully saturated rings. The first-order valence-corrected chi connectivity index (χ1v) is 7.45. The number of benzene rings is 1. The predicted octanol–water partition coefficient (Wildman–Crippen LogP) is 1.91. The second-order valence-electron chi connectivity index (χ2n) is 5.67. The Balaban J connectivity index is 3.24. The molecular weight excluding hydrogens is 285 g/mol. The third-order valence-corrected chi connectivity index (χ3v) is 4.39. The molecule has 0 aromatic heterocycles. The Morgan fingerprint density at radius 2 is 1.90 bits per heavy atom. The van der Waals surface area contributed by atoms with Crippen LogP contribution in [0.15, 0.2) is 23.1 Å². The van der Waals surface area contributed by atoms with E-state index in [0.717, 1.165) is 12.1 Å². The summed E-state index contributed by atoms with van der Waals surface area (Å²) in [6, 6.07) is 2.04. The molecule has 5 nitrogen and oxygen atoms in total. The molecule has 1 unspecified atom stereocenters. The lowest BCUT2D eigenvalue weighted by molar-refractivity contribution is -0.141. The van der Waals surface area contributed by atoms with Gasteiger partial charge in [0.05, 0.1) is 4.90 Å². The maximum atomic E-state index is 13.2. The number of carboxylic acid groups (broad SMARTS) is 1. The molecule has 0 saturated heterocycles. The van der Waals surface area contributed by atoms with Gasteiger partial charge in [0.15, 0.2) is 0 Å². The number of carboxylic acids is 1. The molecule has 0 radical (unpaired) electrons. The van der Waals surface area contributed by atoms with E-state index in [1.165, 1.54) is 13.0 Å². The highest BCUT2D eigenvalue weighted by Gasteiger charge is 2.35. The highest BCUT2D eigenvalue weighted by Crippen LogP contribution is 2.23. The number of carbonyl (C=O) groups is 1. The van der Waals surface area contributed by atoms with Crippen LogP contribution in [0, 0.1) is 18.2 Å². The van der Waals surface area contributed by atoms with Crippen LogP contribution in [0.4, 0.5) is 4.39 Å². The van der Waals surface area contributed by atoms with Gasteiger partial charge in [-0.3, -0.25) is 4.79 Å². The zero-order valence-electron chi connectivity index (χ0n) is 11.8. The van der Waals surface area contributed by atoms with Crippen LogP contribution in [0.2, 0.25) is 0 Å². The lowest BCUT2D eigenvalue weighted by Crippen LogP contribution is -2.49. The van der Waals surface area contributed by atoms with Crippen LogP contribution in [0.3, 0.4) is 0 Å². The second-order valence-corrected chi connectivity index (χ2v) is 7.35. The highest BCUT2D eigenvalue weighted by molar-refractivity contribution is 7.89. The Labute approximate surface area is 117 Å². The normalized spacial score (nSPS) is 14.1. The Hall–Kier alpha value is -1.47. The minimum absolute atomic E-state index is 0.256. The van der Waals surface area contributed by atoms with Crippen molar-refractivity contribution in [2.24, 2.45) is 5.41 Å². The summed E-state index contributed by atoms with van der Waals surface area (Å²) in [6.07, 6.45) is 0. The van der Waals surface area contributed by atoms with Crippen LogP contribution in [-0.4, -0.2) is 25.5 Å². The van der Waals surface area contributed by atoms with Gasteiger partial charge in [0.25, 0.3) is 0 Å². The lowest BCUT2D eigenvalue weighted by Gasteiger charge is -2.27. The molecule has 0 aliphatic rings. The topological polar surface area (TPSA) is 83.5 Å². The molecule has 0 heterocycles. The maximum absolute atomic E-state index is 13.2. The van der Waals surface area contributed by atoms with Crippen molar-refractivity contribution in [2.75, 3.05) is 0 Å². The summed E-state index contributed by atoms with van der Waals surface area (Å²) in [7, 11) is -4.11. The molecule has 0 aliphatic carbocycles. The van der Waals surface area contributed by atoms with E-state index in [1.807, 2.05) is 0 Å². The largest absolute Gasteiger partial charge is 0.480 e. The molecule has 20 heavy (non-hydrogen) atoms. The van der Waals surface area contributed by atoms with E-state index in [-0.39, 0.29) is 4.90 Å². The molecule has 112 valence electrons. The maximum Gasteiger partial charge on any atom is 0.322 e. The van der Waals surface area contributed by atoms with Crippen molar-refractivity contribution >= 4 is 16.0 Å². The Morgan fingerprint density at radius 3 is 2.35 bits per heavy atom. The molecule has 1 aromatic rings. The van der Waals surface area contributed by atoms with Gasteiger partial charge in [0, 0.05) is 0 Å². The summed E-state index contributed by atoms with van der Waals surface area (Å²) < 4.78 is 39.8. The predicted molar refractivity (Wildman–Crippen MR) is 72.3 cm³/mol. The van der Waals surface area contributed by atoms with Crippen LogP contribution in [-0.2, 0) is 14.8 Å². The average molecular weight is 303 g/mol. The van der Waals surface area contributed by atoms with E-state index in [2.05, 4.69) is 4.72 Å². The Bertz CT molecular complexity index is 620. The van der Waals surface area contributed by atoms with Gasteiger partial charge >= 0.3 is 5.97 Å². The van der Waals surface area contributed by atoms with E-state index < -0.39 is 33.3 Å².